The SMILES string of the molecule is Cl.NC[C@H]1CC[C@@H](C(=O)NCC2(c3cccc(C(F)(F)F)c3)CC2)O1. The molecule has 3 rings (SSSR count). The lowest BCUT2D eigenvalue weighted by Crippen LogP contribution is -2.39. The summed E-state index contributed by atoms with van der Waals surface area (Å²) < 4.78 is 44.1. The lowest BCUT2D eigenvalue weighted by Gasteiger charge is -2.20. The van der Waals surface area contributed by atoms with Gasteiger partial charge in [0.25, 0.3) is 0 Å². The molecule has 2 aliphatic rings. The van der Waals surface area contributed by atoms with Gasteiger partial charge in [0.15, 0.2) is 0 Å². The Balaban J connectivity index is 0.00000225. The fourth-order valence-corrected chi connectivity index (χ4v) is 3.19. The molecule has 140 valence electrons. The number of benzene rings is 1. The van der Waals surface area contributed by atoms with Crippen LogP contribution in [-0.4, -0.2) is 31.2 Å². The summed E-state index contributed by atoms with van der Waals surface area (Å²) in [5, 5.41) is 2.84. The molecule has 1 heterocycles. The van der Waals surface area contributed by atoms with Crippen LogP contribution >= 0.6 is 12.4 Å². The molecule has 0 unspecified atom stereocenters. The maximum Gasteiger partial charge on any atom is 0.416 e. The van der Waals surface area contributed by atoms with Gasteiger partial charge in [0.05, 0.1) is 11.7 Å². The molecule has 2 fully saturated rings. The molecule has 0 aromatic heterocycles. The minimum absolute atomic E-state index is 0. The number of nitrogens with one attached hydrogen (secondary N) is 1. The van der Waals surface area contributed by atoms with Gasteiger partial charge in [0.2, 0.25) is 5.91 Å². The average Bonchev–Trinajstić information content (AvgIpc) is 3.20. The highest BCUT2D eigenvalue weighted by atomic mass is 35.5. The van der Waals surface area contributed by atoms with E-state index in [1.807, 2.05) is 0 Å². The molecule has 8 heteroatoms. The van der Waals surface area contributed by atoms with E-state index in [9.17, 15) is 18.0 Å². The molecule has 1 aromatic carbocycles. The van der Waals surface area contributed by atoms with E-state index in [4.69, 9.17) is 10.5 Å². The molecule has 3 N–H and O–H groups in total. The Morgan fingerprint density at radius 1 is 1.32 bits per heavy atom. The Hall–Kier alpha value is -1.31. The molecule has 2 atom stereocenters. The standard InChI is InChI=1S/C17H21F3N2O2.ClH/c18-17(19,20)12-3-1-2-11(8-12)16(6-7-16)10-22-15(23)14-5-4-13(9-21)24-14;/h1-3,8,13-14H,4-7,9-10,21H2,(H,22,23);1H/t13-,14+;/m1./s1. The first kappa shape index (κ1) is 20.0. The van der Waals surface area contributed by atoms with E-state index in [0.717, 1.165) is 25.3 Å². The van der Waals surface area contributed by atoms with Gasteiger partial charge in [0.1, 0.15) is 6.10 Å². The van der Waals surface area contributed by atoms with Crippen molar-refractivity contribution in [1.82, 2.24) is 5.32 Å². The molecule has 1 aliphatic carbocycles. The zero-order valence-corrected chi connectivity index (χ0v) is 14.5. The third kappa shape index (κ3) is 4.46. The molecule has 0 bridgehead atoms. The second-order valence-electron chi connectivity index (χ2n) is 6.64. The van der Waals surface area contributed by atoms with Crippen LogP contribution in [0.4, 0.5) is 13.2 Å². The van der Waals surface area contributed by atoms with Crippen molar-refractivity contribution in [2.45, 2.75) is 49.5 Å². The van der Waals surface area contributed by atoms with E-state index in [1.165, 1.54) is 12.1 Å². The summed E-state index contributed by atoms with van der Waals surface area (Å²) in [6, 6.07) is 5.38. The van der Waals surface area contributed by atoms with Crippen LogP contribution in [0.2, 0.25) is 0 Å². The largest absolute Gasteiger partial charge is 0.416 e. The third-order valence-electron chi connectivity index (χ3n) is 4.92. The topological polar surface area (TPSA) is 64.4 Å². The summed E-state index contributed by atoms with van der Waals surface area (Å²) in [5.41, 5.74) is 5.12. The number of ether oxygens (including phenoxy) is 1. The third-order valence-corrected chi connectivity index (χ3v) is 4.92. The summed E-state index contributed by atoms with van der Waals surface area (Å²) >= 11 is 0. The summed E-state index contributed by atoms with van der Waals surface area (Å²) in [5.74, 6) is -0.204. The molecular weight excluding hydrogens is 357 g/mol. The summed E-state index contributed by atoms with van der Waals surface area (Å²) in [7, 11) is 0. The highest BCUT2D eigenvalue weighted by Crippen LogP contribution is 2.48. The summed E-state index contributed by atoms with van der Waals surface area (Å²) in [6.07, 6.45) is -2.02. The maximum absolute atomic E-state index is 12.9. The number of rotatable bonds is 5. The number of carbonyl (C=O) groups excluding carboxylic acids is 1. The van der Waals surface area contributed by atoms with Crippen LogP contribution in [0.15, 0.2) is 24.3 Å². The van der Waals surface area contributed by atoms with Crippen molar-refractivity contribution < 1.29 is 22.7 Å². The zero-order chi connectivity index (χ0) is 17.4. The molecule has 1 aromatic rings. The Labute approximate surface area is 150 Å². The van der Waals surface area contributed by atoms with Crippen LogP contribution in [-0.2, 0) is 21.1 Å². The first-order valence-corrected chi connectivity index (χ1v) is 8.15. The van der Waals surface area contributed by atoms with E-state index in [1.54, 1.807) is 6.07 Å². The normalized spacial score (nSPS) is 24.5. The number of amides is 1. The van der Waals surface area contributed by atoms with E-state index in [2.05, 4.69) is 5.32 Å². The number of carbonyl (C=O) groups is 1. The lowest BCUT2D eigenvalue weighted by molar-refractivity contribution is -0.137. The molecule has 25 heavy (non-hydrogen) atoms. The molecule has 1 saturated carbocycles. The number of hydrogen-bond donors (Lipinski definition) is 2. The molecule has 1 amide bonds. The Kier molecular flexibility index (Phi) is 6.01. The Morgan fingerprint density at radius 2 is 2.04 bits per heavy atom. The average molecular weight is 379 g/mol. The zero-order valence-electron chi connectivity index (χ0n) is 13.6. The van der Waals surface area contributed by atoms with E-state index in [-0.39, 0.29) is 29.8 Å². The molecule has 1 saturated heterocycles. The Bertz CT molecular complexity index is 620. The van der Waals surface area contributed by atoms with Crippen molar-refractivity contribution in [3.05, 3.63) is 35.4 Å². The monoisotopic (exact) mass is 378 g/mol. The van der Waals surface area contributed by atoms with Crippen LogP contribution < -0.4 is 11.1 Å². The first-order chi connectivity index (χ1) is 11.3. The first-order valence-electron chi connectivity index (χ1n) is 8.15. The van der Waals surface area contributed by atoms with Crippen molar-refractivity contribution in [3.63, 3.8) is 0 Å². The summed E-state index contributed by atoms with van der Waals surface area (Å²) in [6.45, 7) is 0.720. The lowest BCUT2D eigenvalue weighted by atomic mass is 9.94. The summed E-state index contributed by atoms with van der Waals surface area (Å²) in [4.78, 5) is 12.2. The van der Waals surface area contributed by atoms with Crippen LogP contribution in [0.25, 0.3) is 0 Å². The molecule has 4 nitrogen and oxygen atoms in total. The van der Waals surface area contributed by atoms with Crippen LogP contribution in [0.1, 0.15) is 36.8 Å². The fourth-order valence-electron chi connectivity index (χ4n) is 3.19. The van der Waals surface area contributed by atoms with Gasteiger partial charge in [-0.1, -0.05) is 18.2 Å². The Morgan fingerprint density at radius 3 is 2.60 bits per heavy atom. The second kappa shape index (κ2) is 7.51. The van der Waals surface area contributed by atoms with Gasteiger partial charge in [-0.05, 0) is 37.3 Å². The number of nitrogens with two attached hydrogens (primary N) is 1. The highest BCUT2D eigenvalue weighted by Gasteiger charge is 2.46. The maximum atomic E-state index is 12.9. The highest BCUT2D eigenvalue weighted by molar-refractivity contribution is 5.85. The van der Waals surface area contributed by atoms with Crippen LogP contribution in [0.5, 0.6) is 0 Å². The number of halogens is 4. The van der Waals surface area contributed by atoms with Gasteiger partial charge < -0.3 is 15.8 Å². The number of hydrogen-bond acceptors (Lipinski definition) is 3. The van der Waals surface area contributed by atoms with Crippen LogP contribution in [0.3, 0.4) is 0 Å². The molecular formula is C17H22ClF3N2O2. The van der Waals surface area contributed by atoms with Gasteiger partial charge in [-0.3, -0.25) is 4.79 Å². The van der Waals surface area contributed by atoms with Crippen LogP contribution in [0, 0.1) is 0 Å². The molecule has 0 spiro atoms. The van der Waals surface area contributed by atoms with E-state index >= 15 is 0 Å². The number of alkyl halides is 3. The minimum Gasteiger partial charge on any atom is -0.364 e. The quantitative estimate of drug-likeness (QED) is 0.828. The fraction of sp³-hybridized carbons (Fsp3) is 0.588. The molecule has 1 aliphatic heterocycles. The van der Waals surface area contributed by atoms with Gasteiger partial charge >= 0.3 is 6.18 Å². The van der Waals surface area contributed by atoms with Gasteiger partial charge in [-0.25, -0.2) is 0 Å². The van der Waals surface area contributed by atoms with Gasteiger partial charge in [0, 0.05) is 18.5 Å². The minimum atomic E-state index is -4.36. The van der Waals surface area contributed by atoms with E-state index < -0.39 is 17.8 Å². The van der Waals surface area contributed by atoms with Gasteiger partial charge in [-0.2, -0.15) is 13.2 Å². The van der Waals surface area contributed by atoms with Crippen molar-refractivity contribution in [3.8, 4) is 0 Å². The van der Waals surface area contributed by atoms with Crippen molar-refractivity contribution in [1.29, 1.82) is 0 Å². The smallest absolute Gasteiger partial charge is 0.364 e. The van der Waals surface area contributed by atoms with E-state index in [0.29, 0.717) is 25.1 Å². The second-order valence-corrected chi connectivity index (χ2v) is 6.64. The van der Waals surface area contributed by atoms with Crippen molar-refractivity contribution in [2.75, 3.05) is 13.1 Å². The predicted molar refractivity (Wildman–Crippen MR) is 89.6 cm³/mol. The van der Waals surface area contributed by atoms with Gasteiger partial charge in [-0.15, -0.1) is 12.4 Å². The molecule has 0 radical (unpaired) electrons. The predicted octanol–water partition coefficient (Wildman–Crippen LogP) is 2.78. The van der Waals surface area contributed by atoms with Crippen molar-refractivity contribution >= 4 is 18.3 Å². The van der Waals surface area contributed by atoms with Crippen molar-refractivity contribution in [2.24, 2.45) is 5.73 Å².